The van der Waals surface area contributed by atoms with Gasteiger partial charge in [-0.2, -0.15) is 0 Å². The summed E-state index contributed by atoms with van der Waals surface area (Å²) < 4.78 is 5.40. The van der Waals surface area contributed by atoms with E-state index < -0.39 is 12.0 Å². The van der Waals surface area contributed by atoms with Crippen molar-refractivity contribution < 1.29 is 19.7 Å². The molecule has 0 radical (unpaired) electrons. The number of benzene rings is 1. The maximum Gasteiger partial charge on any atom is 0.257 e. The van der Waals surface area contributed by atoms with Gasteiger partial charge in [0.05, 0.1) is 30.0 Å². The molecule has 0 aliphatic carbocycles. The molecule has 6 nitrogen and oxygen atoms in total. The highest BCUT2D eigenvalue weighted by atomic mass is 35.5. The minimum absolute atomic E-state index is 0.0471. The Hall–Kier alpha value is -1.34. The summed E-state index contributed by atoms with van der Waals surface area (Å²) in [4.78, 5) is 13.5. The topological polar surface area (TPSA) is 82.0 Å². The number of morpholine rings is 1. The minimum atomic E-state index is -1.16. The second-order valence-electron chi connectivity index (χ2n) is 4.90. The van der Waals surface area contributed by atoms with Crippen LogP contribution in [0, 0.1) is 0 Å². The largest absolute Gasteiger partial charge is 0.394 e. The van der Waals surface area contributed by atoms with Gasteiger partial charge in [-0.05, 0) is 12.1 Å². The maximum atomic E-state index is 11.5. The van der Waals surface area contributed by atoms with Crippen LogP contribution in [-0.2, 0) is 9.53 Å². The third kappa shape index (κ3) is 2.25. The fourth-order valence-corrected chi connectivity index (χ4v) is 2.84. The van der Waals surface area contributed by atoms with E-state index in [1.807, 2.05) is 4.90 Å². The van der Waals surface area contributed by atoms with Gasteiger partial charge in [0.2, 0.25) is 0 Å². The van der Waals surface area contributed by atoms with Gasteiger partial charge in [-0.25, -0.2) is 0 Å². The summed E-state index contributed by atoms with van der Waals surface area (Å²) in [6.45, 7) is 1.65. The number of anilines is 2. The van der Waals surface area contributed by atoms with Crippen molar-refractivity contribution in [1.82, 2.24) is 0 Å². The van der Waals surface area contributed by atoms with Crippen LogP contribution >= 0.6 is 11.6 Å². The summed E-state index contributed by atoms with van der Waals surface area (Å²) >= 11 is 6.25. The number of nitrogens with one attached hydrogen (secondary N) is 1. The lowest BCUT2D eigenvalue weighted by atomic mass is 10.1. The number of nitrogens with zero attached hydrogens (tertiary/aromatic N) is 1. The molecule has 7 heteroatoms. The van der Waals surface area contributed by atoms with Gasteiger partial charge in [-0.3, -0.25) is 4.79 Å². The second-order valence-corrected chi connectivity index (χ2v) is 5.31. The van der Waals surface area contributed by atoms with E-state index in [1.54, 1.807) is 12.1 Å². The van der Waals surface area contributed by atoms with E-state index >= 15 is 0 Å². The zero-order chi connectivity index (χ0) is 14.3. The lowest BCUT2D eigenvalue weighted by Gasteiger charge is -2.34. The molecule has 1 aromatic rings. The van der Waals surface area contributed by atoms with Crippen LogP contribution in [0.4, 0.5) is 11.4 Å². The van der Waals surface area contributed by atoms with Crippen molar-refractivity contribution in [3.05, 3.63) is 22.7 Å². The molecule has 2 atom stereocenters. The van der Waals surface area contributed by atoms with Gasteiger partial charge in [0.25, 0.3) is 5.91 Å². The van der Waals surface area contributed by atoms with Crippen molar-refractivity contribution in [2.45, 2.75) is 12.2 Å². The van der Waals surface area contributed by atoms with Crippen LogP contribution < -0.4 is 10.2 Å². The van der Waals surface area contributed by atoms with Crippen LogP contribution in [0.25, 0.3) is 0 Å². The zero-order valence-electron chi connectivity index (χ0n) is 10.7. The molecule has 2 heterocycles. The lowest BCUT2D eigenvalue weighted by molar-refractivity contribution is -0.123. The molecule has 1 amide bonds. The van der Waals surface area contributed by atoms with Gasteiger partial charge < -0.3 is 25.2 Å². The van der Waals surface area contributed by atoms with Crippen molar-refractivity contribution in [1.29, 1.82) is 0 Å². The third-order valence-corrected chi connectivity index (χ3v) is 3.91. The Balaban J connectivity index is 1.91. The number of hydrogen-bond acceptors (Lipinski definition) is 5. The first-order valence-electron chi connectivity index (χ1n) is 6.40. The van der Waals surface area contributed by atoms with Crippen molar-refractivity contribution in [2.24, 2.45) is 0 Å². The van der Waals surface area contributed by atoms with Gasteiger partial charge in [-0.15, -0.1) is 0 Å². The fraction of sp³-hybridized carbons (Fsp3) is 0.462. The van der Waals surface area contributed by atoms with Gasteiger partial charge >= 0.3 is 0 Å². The van der Waals surface area contributed by atoms with Crippen molar-refractivity contribution in [2.75, 3.05) is 36.5 Å². The Morgan fingerprint density at radius 3 is 3.05 bits per heavy atom. The molecule has 2 unspecified atom stereocenters. The quantitative estimate of drug-likeness (QED) is 0.742. The predicted octanol–water partition coefficient (Wildman–Crippen LogP) is 0.523. The summed E-state index contributed by atoms with van der Waals surface area (Å²) in [5.74, 6) is -0.441. The molecule has 3 rings (SSSR count). The highest BCUT2D eigenvalue weighted by Gasteiger charge is 2.31. The molecule has 0 saturated carbocycles. The molecule has 2 aliphatic heterocycles. The van der Waals surface area contributed by atoms with E-state index in [0.29, 0.717) is 36.0 Å². The van der Waals surface area contributed by atoms with E-state index in [0.717, 1.165) is 5.69 Å². The summed E-state index contributed by atoms with van der Waals surface area (Å²) in [5, 5.41) is 22.0. The van der Waals surface area contributed by atoms with E-state index in [1.165, 1.54) is 0 Å². The van der Waals surface area contributed by atoms with Crippen LogP contribution in [0.5, 0.6) is 0 Å². The fourth-order valence-electron chi connectivity index (χ4n) is 2.54. The number of rotatable bonds is 2. The molecule has 1 saturated heterocycles. The summed E-state index contributed by atoms with van der Waals surface area (Å²) in [6.07, 6.45) is -1.40. The number of carbonyl (C=O) groups is 1. The molecular formula is C13H15ClN2O4. The Kier molecular flexibility index (Phi) is 3.55. The molecule has 0 bridgehead atoms. The van der Waals surface area contributed by atoms with Crippen LogP contribution in [0.1, 0.15) is 11.7 Å². The molecule has 1 aromatic carbocycles. The number of amides is 1. The molecule has 2 aliphatic rings. The van der Waals surface area contributed by atoms with E-state index in [9.17, 15) is 15.0 Å². The summed E-state index contributed by atoms with van der Waals surface area (Å²) in [5.41, 5.74) is 1.84. The number of halogens is 1. The average Bonchev–Trinajstić information content (AvgIpc) is 2.73. The first kappa shape index (κ1) is 13.6. The smallest absolute Gasteiger partial charge is 0.257 e. The van der Waals surface area contributed by atoms with E-state index in [-0.39, 0.29) is 12.7 Å². The van der Waals surface area contributed by atoms with Crippen LogP contribution in [0.15, 0.2) is 12.1 Å². The highest BCUT2D eigenvalue weighted by molar-refractivity contribution is 6.33. The number of carbonyl (C=O) groups excluding carboxylic acids is 1. The number of ether oxygens (including phenoxy) is 1. The van der Waals surface area contributed by atoms with E-state index in [2.05, 4.69) is 5.32 Å². The van der Waals surface area contributed by atoms with Crippen molar-refractivity contribution >= 4 is 28.9 Å². The Labute approximate surface area is 120 Å². The zero-order valence-corrected chi connectivity index (χ0v) is 11.4. The Morgan fingerprint density at radius 1 is 1.50 bits per heavy atom. The van der Waals surface area contributed by atoms with Gasteiger partial charge in [0.1, 0.15) is 0 Å². The molecule has 108 valence electrons. The molecule has 3 N–H and O–H groups in total. The predicted molar refractivity (Wildman–Crippen MR) is 74.1 cm³/mol. The molecule has 0 aromatic heterocycles. The average molecular weight is 299 g/mol. The van der Waals surface area contributed by atoms with Crippen LogP contribution in [-0.4, -0.2) is 48.5 Å². The third-order valence-electron chi connectivity index (χ3n) is 3.60. The van der Waals surface area contributed by atoms with E-state index in [4.69, 9.17) is 16.3 Å². The normalized spacial score (nSPS) is 25.6. The number of fused-ring (bicyclic) bond motifs is 1. The molecule has 1 fully saturated rings. The Morgan fingerprint density at radius 2 is 2.30 bits per heavy atom. The molecule has 20 heavy (non-hydrogen) atoms. The lowest BCUT2D eigenvalue weighted by Crippen LogP contribution is -2.44. The maximum absolute atomic E-state index is 11.5. The molecule has 0 spiro atoms. The number of hydrogen-bond donors (Lipinski definition) is 3. The standard InChI is InChI=1S/C13H15ClN2O4/c14-9-3-8-10(15-13(19)12(8)18)4-11(9)16-1-2-20-7(5-16)6-17/h3-4,7,12,17-18H,1-2,5-6H2,(H,15,19). The van der Waals surface area contributed by atoms with Crippen molar-refractivity contribution in [3.8, 4) is 0 Å². The summed E-state index contributed by atoms with van der Waals surface area (Å²) in [6, 6.07) is 3.36. The monoisotopic (exact) mass is 298 g/mol. The van der Waals surface area contributed by atoms with Crippen LogP contribution in [0.2, 0.25) is 5.02 Å². The first-order valence-corrected chi connectivity index (χ1v) is 6.77. The number of aliphatic hydroxyl groups is 2. The Bertz CT molecular complexity index is 551. The van der Waals surface area contributed by atoms with Crippen LogP contribution in [0.3, 0.4) is 0 Å². The summed E-state index contributed by atoms with van der Waals surface area (Å²) in [7, 11) is 0. The van der Waals surface area contributed by atoms with Gasteiger partial charge in [-0.1, -0.05) is 11.6 Å². The highest BCUT2D eigenvalue weighted by Crippen LogP contribution is 2.39. The van der Waals surface area contributed by atoms with Crippen molar-refractivity contribution in [3.63, 3.8) is 0 Å². The number of aliphatic hydroxyl groups excluding tert-OH is 2. The van der Waals surface area contributed by atoms with Gasteiger partial charge in [0, 0.05) is 24.3 Å². The second kappa shape index (κ2) is 5.21. The molecular weight excluding hydrogens is 284 g/mol. The van der Waals surface area contributed by atoms with Gasteiger partial charge in [0.15, 0.2) is 6.10 Å². The first-order chi connectivity index (χ1) is 9.60. The minimum Gasteiger partial charge on any atom is -0.394 e. The SMILES string of the molecule is O=C1Nc2cc(N3CCOC(CO)C3)c(Cl)cc2C1O.